The number of rotatable bonds is 3. The molecule has 2 aliphatic rings. The normalized spacial score (nSPS) is 11.8. The summed E-state index contributed by atoms with van der Waals surface area (Å²) >= 11 is 0. The first-order valence-electron chi connectivity index (χ1n) is 14.8. The topological polar surface area (TPSA) is 221 Å². The summed E-state index contributed by atoms with van der Waals surface area (Å²) in [6.07, 6.45) is 0. The summed E-state index contributed by atoms with van der Waals surface area (Å²) in [5.74, 6) is -4.01. The minimum absolute atomic E-state index is 0.00553. The molecular weight excluding hydrogens is 628 g/mol. The van der Waals surface area contributed by atoms with Crippen molar-refractivity contribution >= 4 is 62.0 Å². The van der Waals surface area contributed by atoms with E-state index in [9.17, 15) is 29.7 Å². The van der Waals surface area contributed by atoms with E-state index in [4.69, 9.17) is 29.9 Å². The van der Waals surface area contributed by atoms with Crippen LogP contribution in [-0.2, 0) is 0 Å². The van der Waals surface area contributed by atoms with Crippen LogP contribution in [0, 0.1) is 0 Å². The van der Waals surface area contributed by atoms with Crippen LogP contribution in [0.1, 0.15) is 31.1 Å². The predicted octanol–water partition coefficient (Wildman–Crippen LogP) is 5.96. The molecule has 234 valence electrons. The number of H-pyrrole nitrogens is 2. The number of carboxylic acid groups (broad SMARTS) is 3. The summed E-state index contributed by atoms with van der Waals surface area (Å²) in [4.78, 5) is 72.6. The second kappa shape index (κ2) is 10.1. The van der Waals surface area contributed by atoms with Gasteiger partial charge in [-0.3, -0.25) is 0 Å². The van der Waals surface area contributed by atoms with Crippen LogP contribution in [0.4, 0.5) is 0 Å². The number of nitrogens with one attached hydrogen (secondary N) is 2. The fraction of sp³-hybridized carbons (Fsp3) is 0. The Morgan fingerprint density at radius 1 is 0.449 bits per heavy atom. The number of aromatic amines is 2. The van der Waals surface area contributed by atoms with Gasteiger partial charge in [-0.25, -0.2) is 44.3 Å². The number of carboxylic acids is 3. The molecular formula is C35H18N8O6. The molecule has 9 rings (SSSR count). The van der Waals surface area contributed by atoms with Crippen LogP contribution < -0.4 is 0 Å². The number of carbonyl (C=O) groups is 3. The Morgan fingerprint density at radius 2 is 0.837 bits per heavy atom. The number of benzene rings is 4. The monoisotopic (exact) mass is 646 g/mol. The average molecular weight is 647 g/mol. The quantitative estimate of drug-likeness (QED) is 0.150. The summed E-state index contributed by atoms with van der Waals surface area (Å²) in [5.41, 5.74) is 1.02. The Kier molecular flexibility index (Phi) is 5.74. The molecule has 5 N–H and O–H groups in total. The lowest BCUT2D eigenvalue weighted by atomic mass is 9.95. The van der Waals surface area contributed by atoms with Crippen molar-refractivity contribution in [2.24, 2.45) is 0 Å². The summed E-state index contributed by atoms with van der Waals surface area (Å²) in [6, 6.07) is 23.2. The van der Waals surface area contributed by atoms with E-state index in [0.29, 0.717) is 45.2 Å². The van der Waals surface area contributed by atoms with Gasteiger partial charge in [0.25, 0.3) is 0 Å². The lowest BCUT2D eigenvalue weighted by Crippen LogP contribution is -2.15. The van der Waals surface area contributed by atoms with Crippen LogP contribution in [0.3, 0.4) is 0 Å². The number of hydrogen-bond donors (Lipinski definition) is 5. The smallest absolute Gasteiger partial charge is 0.337 e. The van der Waals surface area contributed by atoms with Crippen molar-refractivity contribution in [2.45, 2.75) is 0 Å². The molecule has 5 heterocycles. The van der Waals surface area contributed by atoms with E-state index < -0.39 is 34.6 Å². The first-order chi connectivity index (χ1) is 23.8. The molecule has 0 unspecified atom stereocenters. The maximum Gasteiger partial charge on any atom is 0.337 e. The summed E-state index contributed by atoms with van der Waals surface area (Å²) in [6.45, 7) is 0. The lowest BCUT2D eigenvalue weighted by Gasteiger charge is -2.08. The zero-order chi connectivity index (χ0) is 33.6. The third-order valence-corrected chi connectivity index (χ3v) is 8.50. The van der Waals surface area contributed by atoms with E-state index in [2.05, 4.69) is 9.97 Å². The van der Waals surface area contributed by atoms with Crippen LogP contribution in [-0.4, -0.2) is 73.1 Å². The van der Waals surface area contributed by atoms with Gasteiger partial charge in [0, 0.05) is 43.8 Å². The third kappa shape index (κ3) is 4.10. The predicted molar refractivity (Wildman–Crippen MR) is 177 cm³/mol. The highest BCUT2D eigenvalue weighted by atomic mass is 16.4. The van der Waals surface area contributed by atoms with Gasteiger partial charge >= 0.3 is 17.9 Å². The summed E-state index contributed by atoms with van der Waals surface area (Å²) < 4.78 is 0. The average Bonchev–Trinajstić information content (AvgIpc) is 3.83. The minimum atomic E-state index is -1.73. The Balaban J connectivity index is 1.55. The largest absolute Gasteiger partial charge is 0.478 e. The number of aromatic carboxylic acids is 3. The molecule has 0 saturated carbocycles. The fourth-order valence-electron chi connectivity index (χ4n) is 6.41. The standard InChI is InChI=1S/C35H18N8O6/c44-33(45)21-13-20-22(24(35(48)49)23(21)34(46)47)32-42-30-19-12-6-5-11-18(19)28(40-30)38-26-15-8-2-1-7-14(15)25(36-26)37-27-16-9-3-4-10-17(16)29(39-27)41-31(20)43-32/h1-13H,(H,44,45)(H,46,47)(H,48,49)(H2,36,37,38,39,40,41,42,43). The van der Waals surface area contributed by atoms with E-state index in [-0.39, 0.29) is 33.7 Å². The molecule has 3 aromatic heterocycles. The molecule has 0 atom stereocenters. The van der Waals surface area contributed by atoms with E-state index in [1.54, 1.807) is 24.3 Å². The van der Waals surface area contributed by atoms with Gasteiger partial charge in [0.05, 0.1) is 16.7 Å². The SMILES string of the molecule is O=C(O)c1cc2c3nc4nc(nc5[nH]c(nc6nc(nc([nH]3)c2c(C(=O)O)c1C(=O)O)-c1ccccc1-6)c1ccccc51)-c1ccccc1-4. The van der Waals surface area contributed by atoms with Crippen LogP contribution >= 0.6 is 0 Å². The molecule has 0 aliphatic carbocycles. The van der Waals surface area contributed by atoms with Crippen molar-refractivity contribution < 1.29 is 29.7 Å². The highest BCUT2D eigenvalue weighted by molar-refractivity contribution is 6.22. The number of nitrogens with zero attached hydrogens (tertiary/aromatic N) is 6. The van der Waals surface area contributed by atoms with Crippen molar-refractivity contribution in [3.63, 3.8) is 0 Å². The zero-order valence-electron chi connectivity index (χ0n) is 24.8. The molecule has 0 saturated heterocycles. The molecule has 0 radical (unpaired) electrons. The van der Waals surface area contributed by atoms with Crippen LogP contribution in [0.2, 0.25) is 0 Å². The number of fused-ring (bicyclic) bond motifs is 20. The molecule has 2 aliphatic heterocycles. The van der Waals surface area contributed by atoms with Gasteiger partial charge in [-0.1, -0.05) is 72.8 Å². The van der Waals surface area contributed by atoms with Gasteiger partial charge in [-0.2, -0.15) is 0 Å². The highest BCUT2D eigenvalue weighted by Gasteiger charge is 2.30. The van der Waals surface area contributed by atoms with E-state index in [0.717, 1.165) is 16.8 Å². The van der Waals surface area contributed by atoms with Crippen LogP contribution in [0.5, 0.6) is 0 Å². The molecule has 4 aromatic carbocycles. The van der Waals surface area contributed by atoms with E-state index >= 15 is 0 Å². The van der Waals surface area contributed by atoms with Crippen LogP contribution in [0.15, 0.2) is 78.9 Å². The minimum Gasteiger partial charge on any atom is -0.478 e. The maximum absolute atomic E-state index is 12.8. The molecule has 0 fully saturated rings. The molecule has 14 heteroatoms. The van der Waals surface area contributed by atoms with Crippen molar-refractivity contribution in [3.8, 4) is 45.6 Å². The Hall–Kier alpha value is -7.35. The molecule has 0 spiro atoms. The van der Waals surface area contributed by atoms with Crippen LogP contribution in [0.25, 0.3) is 89.7 Å². The Morgan fingerprint density at radius 3 is 1.27 bits per heavy atom. The number of hydrogen-bond acceptors (Lipinski definition) is 9. The summed E-state index contributed by atoms with van der Waals surface area (Å²) in [5, 5.41) is 31.9. The van der Waals surface area contributed by atoms with Gasteiger partial charge in [0.15, 0.2) is 23.3 Å². The van der Waals surface area contributed by atoms with Gasteiger partial charge < -0.3 is 25.3 Å². The Bertz CT molecular complexity index is 2840. The van der Waals surface area contributed by atoms with E-state index in [1.807, 2.05) is 48.5 Å². The molecule has 8 bridgehead atoms. The van der Waals surface area contributed by atoms with Gasteiger partial charge in [0.2, 0.25) is 0 Å². The van der Waals surface area contributed by atoms with Crippen molar-refractivity contribution in [2.75, 3.05) is 0 Å². The van der Waals surface area contributed by atoms with E-state index in [1.165, 1.54) is 0 Å². The molecule has 0 amide bonds. The van der Waals surface area contributed by atoms with Crippen molar-refractivity contribution in [1.82, 2.24) is 39.9 Å². The van der Waals surface area contributed by atoms with Crippen molar-refractivity contribution in [3.05, 3.63) is 95.6 Å². The zero-order valence-corrected chi connectivity index (χ0v) is 24.8. The molecule has 14 nitrogen and oxygen atoms in total. The Labute approximate surface area is 272 Å². The number of aromatic nitrogens is 8. The second-order valence-corrected chi connectivity index (χ2v) is 11.3. The second-order valence-electron chi connectivity index (χ2n) is 11.3. The van der Waals surface area contributed by atoms with Gasteiger partial charge in [-0.05, 0) is 6.07 Å². The molecule has 49 heavy (non-hydrogen) atoms. The first-order valence-corrected chi connectivity index (χ1v) is 14.8. The summed E-state index contributed by atoms with van der Waals surface area (Å²) in [7, 11) is 0. The van der Waals surface area contributed by atoms with Crippen molar-refractivity contribution in [1.29, 1.82) is 0 Å². The lowest BCUT2D eigenvalue weighted by molar-refractivity contribution is 0.0634. The fourth-order valence-corrected chi connectivity index (χ4v) is 6.41. The third-order valence-electron chi connectivity index (χ3n) is 8.50. The van der Waals surface area contributed by atoms with Gasteiger partial charge in [0.1, 0.15) is 22.6 Å². The first kappa shape index (κ1) is 27.9. The highest BCUT2D eigenvalue weighted by Crippen LogP contribution is 2.38. The maximum atomic E-state index is 12.8. The van der Waals surface area contributed by atoms with Gasteiger partial charge in [-0.15, -0.1) is 0 Å². The molecule has 7 aromatic rings.